The van der Waals surface area contributed by atoms with Crippen LogP contribution in [0.4, 0.5) is 11.8 Å². The predicted molar refractivity (Wildman–Crippen MR) is 83.6 cm³/mol. The van der Waals surface area contributed by atoms with Crippen molar-refractivity contribution in [2.75, 3.05) is 18.1 Å². The maximum Gasteiger partial charge on any atom is 0.225 e. The van der Waals surface area contributed by atoms with Crippen molar-refractivity contribution in [1.82, 2.24) is 9.97 Å². The SMILES string of the molecule is CC(CC1COc2nc(N)nc(N)c21)c1ccccc1Cl. The van der Waals surface area contributed by atoms with Crippen LogP contribution in [0.2, 0.25) is 5.02 Å². The van der Waals surface area contributed by atoms with E-state index in [9.17, 15) is 0 Å². The lowest BCUT2D eigenvalue weighted by Crippen LogP contribution is -2.09. The maximum atomic E-state index is 6.26. The van der Waals surface area contributed by atoms with E-state index in [-0.39, 0.29) is 17.8 Å². The van der Waals surface area contributed by atoms with Crippen LogP contribution in [-0.4, -0.2) is 16.6 Å². The molecule has 5 nitrogen and oxygen atoms in total. The molecule has 1 aromatic carbocycles. The number of aromatic nitrogens is 2. The second-order valence-corrected chi connectivity index (χ2v) is 5.76. The van der Waals surface area contributed by atoms with Gasteiger partial charge in [-0.05, 0) is 24.0 Å². The van der Waals surface area contributed by atoms with Crippen LogP contribution in [0, 0.1) is 0 Å². The molecule has 4 N–H and O–H groups in total. The highest BCUT2D eigenvalue weighted by Gasteiger charge is 2.31. The van der Waals surface area contributed by atoms with Gasteiger partial charge < -0.3 is 16.2 Å². The molecule has 6 heteroatoms. The molecule has 3 rings (SSSR count). The molecular formula is C15H17ClN4O. The second-order valence-electron chi connectivity index (χ2n) is 5.35. The van der Waals surface area contributed by atoms with Crippen molar-refractivity contribution in [3.8, 4) is 5.88 Å². The number of rotatable bonds is 3. The third-order valence-electron chi connectivity index (χ3n) is 3.86. The van der Waals surface area contributed by atoms with E-state index in [0.29, 0.717) is 18.3 Å². The van der Waals surface area contributed by atoms with Gasteiger partial charge in [-0.25, -0.2) is 0 Å². The van der Waals surface area contributed by atoms with Crippen molar-refractivity contribution >= 4 is 23.4 Å². The number of benzene rings is 1. The Kier molecular flexibility index (Phi) is 3.59. The van der Waals surface area contributed by atoms with Crippen LogP contribution in [0.25, 0.3) is 0 Å². The Bertz CT molecular complexity index is 677. The van der Waals surface area contributed by atoms with Gasteiger partial charge in [0.05, 0.1) is 12.2 Å². The summed E-state index contributed by atoms with van der Waals surface area (Å²) in [4.78, 5) is 8.13. The van der Waals surface area contributed by atoms with Crippen LogP contribution in [-0.2, 0) is 0 Å². The summed E-state index contributed by atoms with van der Waals surface area (Å²) in [5.74, 6) is 1.51. The lowest BCUT2D eigenvalue weighted by atomic mass is 9.88. The molecule has 2 heterocycles. The zero-order valence-electron chi connectivity index (χ0n) is 11.7. The van der Waals surface area contributed by atoms with Crippen LogP contribution in [0.5, 0.6) is 5.88 Å². The number of anilines is 2. The van der Waals surface area contributed by atoms with E-state index in [1.165, 1.54) is 0 Å². The summed E-state index contributed by atoms with van der Waals surface area (Å²) in [7, 11) is 0. The van der Waals surface area contributed by atoms with E-state index >= 15 is 0 Å². The molecule has 0 radical (unpaired) electrons. The molecule has 2 unspecified atom stereocenters. The number of nitrogen functional groups attached to an aromatic ring is 2. The number of nitrogens with two attached hydrogens (primary N) is 2. The quantitative estimate of drug-likeness (QED) is 0.910. The largest absolute Gasteiger partial charge is 0.477 e. The molecule has 1 aliphatic heterocycles. The molecule has 2 aromatic rings. The van der Waals surface area contributed by atoms with Gasteiger partial charge in [0.2, 0.25) is 11.8 Å². The minimum Gasteiger partial charge on any atom is -0.477 e. The van der Waals surface area contributed by atoms with E-state index in [4.69, 9.17) is 27.8 Å². The standard InChI is InChI=1S/C15H17ClN4O/c1-8(10-4-2-3-5-11(10)16)6-9-7-21-14-12(9)13(17)19-15(18)20-14/h2-5,8-9H,6-7H2,1H3,(H4,17,18,19,20). The van der Waals surface area contributed by atoms with Crippen LogP contribution in [0.15, 0.2) is 24.3 Å². The number of fused-ring (bicyclic) bond motifs is 1. The summed E-state index contributed by atoms with van der Waals surface area (Å²) in [5, 5.41) is 0.783. The first-order valence-corrected chi connectivity index (χ1v) is 7.24. The van der Waals surface area contributed by atoms with Crippen LogP contribution < -0.4 is 16.2 Å². The van der Waals surface area contributed by atoms with Gasteiger partial charge in [-0.1, -0.05) is 36.7 Å². The van der Waals surface area contributed by atoms with Gasteiger partial charge in [0, 0.05) is 10.9 Å². The summed E-state index contributed by atoms with van der Waals surface area (Å²) in [6, 6.07) is 7.88. The van der Waals surface area contributed by atoms with Crippen LogP contribution >= 0.6 is 11.6 Å². The van der Waals surface area contributed by atoms with Crippen molar-refractivity contribution in [3.05, 3.63) is 40.4 Å². The highest BCUT2D eigenvalue weighted by Crippen LogP contribution is 2.42. The number of ether oxygens (including phenoxy) is 1. The van der Waals surface area contributed by atoms with Crippen LogP contribution in [0.1, 0.15) is 36.3 Å². The minimum absolute atomic E-state index is 0.144. The van der Waals surface area contributed by atoms with E-state index in [1.54, 1.807) is 0 Å². The van der Waals surface area contributed by atoms with E-state index < -0.39 is 0 Å². The number of halogens is 1. The lowest BCUT2D eigenvalue weighted by molar-refractivity contribution is 0.311. The molecule has 110 valence electrons. The minimum atomic E-state index is 0.144. The van der Waals surface area contributed by atoms with E-state index in [0.717, 1.165) is 22.6 Å². The molecule has 0 spiro atoms. The van der Waals surface area contributed by atoms with Crippen molar-refractivity contribution in [2.45, 2.75) is 25.2 Å². The Morgan fingerprint density at radius 2 is 2.10 bits per heavy atom. The highest BCUT2D eigenvalue weighted by atomic mass is 35.5. The third-order valence-corrected chi connectivity index (χ3v) is 4.21. The van der Waals surface area contributed by atoms with Gasteiger partial charge in [0.1, 0.15) is 5.82 Å². The van der Waals surface area contributed by atoms with Gasteiger partial charge in [0.25, 0.3) is 0 Å². The molecule has 0 bridgehead atoms. The Balaban J connectivity index is 1.84. The topological polar surface area (TPSA) is 87.0 Å². The van der Waals surface area contributed by atoms with Gasteiger partial charge in [-0.2, -0.15) is 9.97 Å². The summed E-state index contributed by atoms with van der Waals surface area (Å²) in [5.41, 5.74) is 13.6. The first-order chi connectivity index (χ1) is 10.1. The fraction of sp³-hybridized carbons (Fsp3) is 0.333. The van der Waals surface area contributed by atoms with Crippen molar-refractivity contribution in [1.29, 1.82) is 0 Å². The fourth-order valence-electron chi connectivity index (χ4n) is 2.85. The smallest absolute Gasteiger partial charge is 0.225 e. The molecular weight excluding hydrogens is 288 g/mol. The number of hydrogen-bond acceptors (Lipinski definition) is 5. The average molecular weight is 305 g/mol. The van der Waals surface area contributed by atoms with Crippen molar-refractivity contribution in [3.63, 3.8) is 0 Å². The summed E-state index contributed by atoms with van der Waals surface area (Å²) in [6.45, 7) is 2.69. The highest BCUT2D eigenvalue weighted by molar-refractivity contribution is 6.31. The molecule has 1 aromatic heterocycles. The molecule has 1 aliphatic rings. The second kappa shape index (κ2) is 5.41. The summed E-state index contributed by atoms with van der Waals surface area (Å²) >= 11 is 6.26. The zero-order chi connectivity index (χ0) is 15.0. The number of nitrogens with zero attached hydrogens (tertiary/aromatic N) is 2. The Morgan fingerprint density at radius 1 is 1.33 bits per heavy atom. The fourth-order valence-corrected chi connectivity index (χ4v) is 3.18. The molecule has 0 saturated carbocycles. The Morgan fingerprint density at radius 3 is 2.86 bits per heavy atom. The number of hydrogen-bond donors (Lipinski definition) is 2. The zero-order valence-corrected chi connectivity index (χ0v) is 12.5. The van der Waals surface area contributed by atoms with Crippen molar-refractivity contribution in [2.24, 2.45) is 0 Å². The average Bonchev–Trinajstić information content (AvgIpc) is 2.82. The van der Waals surface area contributed by atoms with E-state index in [1.807, 2.05) is 24.3 Å². The van der Waals surface area contributed by atoms with Gasteiger partial charge in [-0.15, -0.1) is 0 Å². The third kappa shape index (κ3) is 2.61. The molecule has 2 atom stereocenters. The van der Waals surface area contributed by atoms with Crippen LogP contribution in [0.3, 0.4) is 0 Å². The molecule has 0 aliphatic carbocycles. The Hall–Kier alpha value is -2.01. The van der Waals surface area contributed by atoms with Gasteiger partial charge in [-0.3, -0.25) is 0 Å². The normalized spacial score (nSPS) is 18.1. The maximum absolute atomic E-state index is 6.26. The summed E-state index contributed by atoms with van der Waals surface area (Å²) in [6.07, 6.45) is 0.869. The first-order valence-electron chi connectivity index (χ1n) is 6.86. The Labute approximate surface area is 128 Å². The molecule has 0 fully saturated rings. The summed E-state index contributed by atoms with van der Waals surface area (Å²) < 4.78 is 5.60. The van der Waals surface area contributed by atoms with Gasteiger partial charge >= 0.3 is 0 Å². The first kappa shape index (κ1) is 13.9. The monoisotopic (exact) mass is 304 g/mol. The molecule has 0 amide bonds. The van der Waals surface area contributed by atoms with Gasteiger partial charge in [0.15, 0.2) is 0 Å². The molecule has 0 saturated heterocycles. The van der Waals surface area contributed by atoms with Crippen molar-refractivity contribution < 1.29 is 4.74 Å². The predicted octanol–water partition coefficient (Wildman–Crippen LogP) is 2.96. The van der Waals surface area contributed by atoms with E-state index in [2.05, 4.69) is 16.9 Å². The molecule has 21 heavy (non-hydrogen) atoms. The lowest BCUT2D eigenvalue weighted by Gasteiger charge is -2.17.